The summed E-state index contributed by atoms with van der Waals surface area (Å²) in [7, 11) is 9.82. The SMILES string of the molecule is C/C=C/C[C@@H](C)[C@@H](O)[C@H]1C(=O)N[C@@H](CC)C(=O)N(C)CC(=O)N(C)[C@@H](CC(C)C)C(=O)N[C@@H](C(C)C)C(=O)N(C)[C@@H](CC(C)C)C(=O)N[C@@H](C)C(=O)N[C@H](C)C(=O)N(C)[C@@H](CC(C)C)C(=O)N(C)[C@@H](CC(C)C)C(=O)N(C)[C@](OCCNCCC)(C(C)C)C(=O)N1C. The number of hydrogen-bond donors (Lipinski definition) is 6. The number of aliphatic hydroxyl groups excluding tert-OH is 1. The second kappa shape index (κ2) is 38.8. The van der Waals surface area contributed by atoms with E-state index in [9.17, 15) is 38.7 Å². The predicted octanol–water partition coefficient (Wildman–Crippen LogP) is 3.61. The highest BCUT2D eigenvalue weighted by Crippen LogP contribution is 2.33. The molecule has 25 nitrogen and oxygen atoms in total. The van der Waals surface area contributed by atoms with Crippen LogP contribution in [-0.2, 0) is 57.5 Å². The summed E-state index contributed by atoms with van der Waals surface area (Å²) in [6, 6.07) is -11.5. The maximum absolute atomic E-state index is 16.0. The molecule has 1 heterocycles. The van der Waals surface area contributed by atoms with Crippen molar-refractivity contribution in [3.05, 3.63) is 12.2 Å². The molecule has 1 rings (SSSR count). The normalized spacial score (nSPS) is 26.6. The Morgan fingerprint density at radius 3 is 1.50 bits per heavy atom. The van der Waals surface area contributed by atoms with Crippen LogP contribution in [0.15, 0.2) is 12.2 Å². The summed E-state index contributed by atoms with van der Waals surface area (Å²) in [6.45, 7) is 31.9. The summed E-state index contributed by atoms with van der Waals surface area (Å²) in [5.41, 5.74) is -2.23. The second-order valence-corrected chi connectivity index (χ2v) is 27.8. The Morgan fingerprint density at radius 2 is 1.02 bits per heavy atom. The van der Waals surface area contributed by atoms with Gasteiger partial charge in [0.25, 0.3) is 5.91 Å². The zero-order valence-corrected chi connectivity index (χ0v) is 60.7. The minimum absolute atomic E-state index is 0.00968. The van der Waals surface area contributed by atoms with Gasteiger partial charge in [-0.05, 0) is 108 Å². The summed E-state index contributed by atoms with van der Waals surface area (Å²) in [6.07, 6.45) is 3.53. The molecule has 1 fully saturated rings. The first-order chi connectivity index (χ1) is 42.6. The van der Waals surface area contributed by atoms with Crippen LogP contribution in [0.3, 0.4) is 0 Å². The van der Waals surface area contributed by atoms with Crippen molar-refractivity contribution in [2.24, 2.45) is 41.4 Å². The monoisotopic (exact) mass is 1300 g/mol. The van der Waals surface area contributed by atoms with Gasteiger partial charge in [0.1, 0.15) is 54.4 Å². The molecule has 1 saturated heterocycles. The quantitative estimate of drug-likeness (QED) is 0.0707. The van der Waals surface area contributed by atoms with Gasteiger partial charge in [-0.1, -0.05) is 116 Å². The highest BCUT2D eigenvalue weighted by Gasteiger charge is 2.55. The molecular weight excluding hydrogens is 1180 g/mol. The van der Waals surface area contributed by atoms with E-state index in [4.69, 9.17) is 4.74 Å². The fourth-order valence-electron chi connectivity index (χ4n) is 11.5. The third-order valence-electron chi connectivity index (χ3n) is 17.3. The summed E-state index contributed by atoms with van der Waals surface area (Å²) in [5.74, 6) is -10.7. The van der Waals surface area contributed by atoms with E-state index in [1.807, 2.05) is 62.3 Å². The van der Waals surface area contributed by atoms with E-state index < -0.39 is 155 Å². The smallest absolute Gasteiger partial charge is 0.276 e. The summed E-state index contributed by atoms with van der Waals surface area (Å²) >= 11 is 0. The van der Waals surface area contributed by atoms with Gasteiger partial charge < -0.3 is 70.7 Å². The lowest BCUT2D eigenvalue weighted by molar-refractivity contribution is -0.208. The Bertz CT molecular complexity index is 2490. The maximum atomic E-state index is 16.0. The third kappa shape index (κ3) is 23.1. The van der Waals surface area contributed by atoms with Crippen molar-refractivity contribution in [2.75, 3.05) is 75.6 Å². The van der Waals surface area contributed by atoms with Gasteiger partial charge in [-0.2, -0.15) is 0 Å². The van der Waals surface area contributed by atoms with Gasteiger partial charge in [0.2, 0.25) is 64.8 Å². The number of likely N-dealkylation sites (N-methyl/N-ethyl adjacent to an activating group) is 7. The molecule has 0 bridgehead atoms. The molecular formula is C67H122N12O13. The first-order valence-electron chi connectivity index (χ1n) is 33.4. The lowest BCUT2D eigenvalue weighted by Crippen LogP contribution is -2.70. The van der Waals surface area contributed by atoms with Crippen LogP contribution in [0.2, 0.25) is 0 Å². The molecule has 0 spiro atoms. The minimum atomic E-state index is -2.23. The van der Waals surface area contributed by atoms with Crippen LogP contribution in [0.25, 0.3) is 0 Å². The second-order valence-electron chi connectivity index (χ2n) is 27.8. The van der Waals surface area contributed by atoms with Crippen LogP contribution in [0.1, 0.15) is 170 Å². The fraction of sp³-hybridized carbons (Fsp3) is 0.806. The van der Waals surface area contributed by atoms with E-state index in [1.165, 1.54) is 82.8 Å². The molecule has 528 valence electrons. The molecule has 1 aliphatic heterocycles. The number of allylic oxidation sites excluding steroid dienone is 2. The average molecular weight is 1300 g/mol. The van der Waals surface area contributed by atoms with Gasteiger partial charge in [0.05, 0.1) is 19.3 Å². The molecule has 6 N–H and O–H groups in total. The van der Waals surface area contributed by atoms with Crippen molar-refractivity contribution >= 4 is 65.0 Å². The molecule has 12 atom stereocenters. The van der Waals surface area contributed by atoms with Gasteiger partial charge in [-0.3, -0.25) is 52.7 Å². The number of carbonyl (C=O) groups is 11. The van der Waals surface area contributed by atoms with Gasteiger partial charge in [-0.25, -0.2) is 0 Å². The minimum Gasteiger partial charge on any atom is -0.390 e. The Labute approximate surface area is 551 Å². The topological polar surface area (TPSA) is 300 Å². The zero-order valence-electron chi connectivity index (χ0n) is 60.7. The van der Waals surface area contributed by atoms with Crippen LogP contribution in [0.5, 0.6) is 0 Å². The van der Waals surface area contributed by atoms with E-state index in [1.54, 1.807) is 60.6 Å². The van der Waals surface area contributed by atoms with Crippen LogP contribution in [0, 0.1) is 41.4 Å². The first kappa shape index (κ1) is 83.8. The van der Waals surface area contributed by atoms with Crippen molar-refractivity contribution in [1.29, 1.82) is 0 Å². The zero-order chi connectivity index (χ0) is 71.1. The van der Waals surface area contributed by atoms with Crippen molar-refractivity contribution < 1.29 is 62.6 Å². The molecule has 0 unspecified atom stereocenters. The molecule has 0 aromatic rings. The molecule has 0 aromatic carbocycles. The average Bonchev–Trinajstić information content (AvgIpc) is 0.759. The van der Waals surface area contributed by atoms with Crippen LogP contribution in [0.4, 0.5) is 0 Å². The number of nitrogens with one attached hydrogen (secondary N) is 5. The highest BCUT2D eigenvalue weighted by atomic mass is 16.5. The molecule has 92 heavy (non-hydrogen) atoms. The van der Waals surface area contributed by atoms with E-state index in [0.717, 1.165) is 21.1 Å². The number of amides is 11. The lowest BCUT2D eigenvalue weighted by atomic mass is 9.89. The first-order valence-corrected chi connectivity index (χ1v) is 33.4. The number of rotatable bonds is 21. The van der Waals surface area contributed by atoms with Crippen molar-refractivity contribution in [3.8, 4) is 0 Å². The highest BCUT2D eigenvalue weighted by molar-refractivity contribution is 6.00. The number of ether oxygens (including phenoxy) is 1. The Morgan fingerprint density at radius 1 is 0.554 bits per heavy atom. The Kier molecular flexibility index (Phi) is 35.4. The maximum Gasteiger partial charge on any atom is 0.276 e. The van der Waals surface area contributed by atoms with Crippen molar-refractivity contribution in [2.45, 2.75) is 236 Å². The van der Waals surface area contributed by atoms with Gasteiger partial charge in [0, 0.05) is 61.8 Å². The number of nitrogens with zero attached hydrogens (tertiary/aromatic N) is 7. The van der Waals surface area contributed by atoms with Gasteiger partial charge in [0.15, 0.2) is 0 Å². The Balaban J connectivity index is 4.56. The molecule has 25 heteroatoms. The van der Waals surface area contributed by atoms with Crippen molar-refractivity contribution in [1.82, 2.24) is 60.9 Å². The largest absolute Gasteiger partial charge is 0.390 e. The molecule has 0 radical (unpaired) electrons. The van der Waals surface area contributed by atoms with Gasteiger partial charge >= 0.3 is 0 Å². The molecule has 0 aromatic heterocycles. The van der Waals surface area contributed by atoms with Crippen LogP contribution >= 0.6 is 0 Å². The lowest BCUT2D eigenvalue weighted by Gasteiger charge is -2.48. The summed E-state index contributed by atoms with van der Waals surface area (Å²) < 4.78 is 6.72. The number of hydrogen-bond acceptors (Lipinski definition) is 14. The van der Waals surface area contributed by atoms with Crippen molar-refractivity contribution in [3.63, 3.8) is 0 Å². The molecule has 1 aliphatic rings. The van der Waals surface area contributed by atoms with E-state index in [0.29, 0.717) is 6.54 Å². The van der Waals surface area contributed by atoms with E-state index in [-0.39, 0.29) is 75.3 Å². The Hall–Kier alpha value is -6.21. The summed E-state index contributed by atoms with van der Waals surface area (Å²) in [5, 5.41) is 26.7. The number of aliphatic hydroxyl groups is 1. The number of carbonyl (C=O) groups excluding carboxylic acids is 11. The standard InChI is InChI=1S/C67H122N12O13/c1-26-29-30-45(16)56(81)55-60(85)71-48(28-3)62(87)73(19)38-53(80)74(20)49(34-39(4)5)59(84)72-54(43(12)13)65(90)75(21)50(35-40(6)7)58(83)69-46(17)57(82)70-47(18)61(86)76(22)51(36-41(8)9)63(88)77(23)52(37-42(10)11)64(89)79(25)67(44(14)15,66(91)78(55)24)92-33-32-68-31-27-2/h26,29,39-52,54-56,68,81H,27-28,30-38H2,1-25H3,(H,69,83)(H,70,82)(H,71,85)(H,72,84)/b29-26+/t45-,46+,47-,48+,49+,50+,51+,52+,54+,55+,56-,67+/m1/s1. The van der Waals surface area contributed by atoms with Gasteiger partial charge in [-0.15, -0.1) is 0 Å². The van der Waals surface area contributed by atoms with E-state index >= 15 is 19.2 Å². The van der Waals surface area contributed by atoms with E-state index in [2.05, 4.69) is 26.6 Å². The summed E-state index contributed by atoms with van der Waals surface area (Å²) in [4.78, 5) is 172. The molecule has 11 amide bonds. The molecule has 0 saturated carbocycles. The predicted molar refractivity (Wildman–Crippen MR) is 357 cm³/mol. The van der Waals surface area contributed by atoms with Crippen LogP contribution < -0.4 is 26.6 Å². The fourth-order valence-corrected chi connectivity index (χ4v) is 11.5. The third-order valence-corrected chi connectivity index (χ3v) is 17.3. The molecule has 0 aliphatic carbocycles. The van der Waals surface area contributed by atoms with Crippen LogP contribution in [-0.4, -0.2) is 246 Å².